The van der Waals surface area contributed by atoms with Gasteiger partial charge in [-0.3, -0.25) is 0 Å². The van der Waals surface area contributed by atoms with Gasteiger partial charge in [-0.1, -0.05) is 12.1 Å². The molecule has 0 saturated carbocycles. The fraction of sp³-hybridized carbons (Fsp3) is 0.0909. The molecule has 0 fully saturated rings. The van der Waals surface area contributed by atoms with Gasteiger partial charge in [-0.25, -0.2) is 4.79 Å². The first kappa shape index (κ1) is 8.52. The topological polar surface area (TPSA) is 54.0 Å². The van der Waals surface area contributed by atoms with Gasteiger partial charge in [0.25, 0.3) is 0 Å². The second-order valence-corrected chi connectivity index (χ2v) is 2.91. The smallest absolute Gasteiger partial charge is 0.354 e. The predicted octanol–water partition coefficient (Wildman–Crippen LogP) is 1.77. The van der Waals surface area contributed by atoms with E-state index in [1.54, 1.807) is 25.1 Å². The average molecular weight is 184 g/mol. The summed E-state index contributed by atoms with van der Waals surface area (Å²) >= 11 is 0. The van der Waals surface area contributed by atoms with Gasteiger partial charge < -0.3 is 4.42 Å². The molecule has 67 valence electrons. The maximum Gasteiger partial charge on any atom is 0.354 e. The van der Waals surface area contributed by atoms with Crippen molar-refractivity contribution in [2.75, 3.05) is 0 Å². The van der Waals surface area contributed by atoms with Crippen LogP contribution in [0.4, 0.5) is 0 Å². The molecule has 1 aromatic carbocycles. The van der Waals surface area contributed by atoms with E-state index in [1.807, 2.05) is 6.07 Å². The Labute approximate surface area is 80.2 Å². The van der Waals surface area contributed by atoms with Crippen LogP contribution in [0.5, 0.6) is 0 Å². The molecule has 0 spiro atoms. The molecule has 0 aliphatic carbocycles. The minimum Gasteiger partial charge on any atom is -0.422 e. The second-order valence-electron chi connectivity index (χ2n) is 2.91. The van der Waals surface area contributed by atoms with Crippen molar-refractivity contribution in [2.24, 2.45) is 0 Å². The van der Waals surface area contributed by atoms with Crippen LogP contribution in [0.3, 0.4) is 0 Å². The highest BCUT2D eigenvalue weighted by molar-refractivity contribution is 5.80. The largest absolute Gasteiger partial charge is 0.422 e. The average Bonchev–Trinajstić information content (AvgIpc) is 2.18. The van der Waals surface area contributed by atoms with Crippen LogP contribution < -0.4 is 5.63 Å². The van der Waals surface area contributed by atoms with Crippen molar-refractivity contribution in [3.05, 3.63) is 45.8 Å². The molecular formula is C11H6NO2. The lowest BCUT2D eigenvalue weighted by atomic mass is 10.1. The third kappa shape index (κ3) is 1.09. The Morgan fingerprint density at radius 3 is 3.07 bits per heavy atom. The van der Waals surface area contributed by atoms with Crippen molar-refractivity contribution in [3.8, 4) is 6.07 Å². The zero-order chi connectivity index (χ0) is 10.1. The first-order valence-corrected chi connectivity index (χ1v) is 4.08. The molecule has 2 aromatic rings. The Morgan fingerprint density at radius 1 is 1.57 bits per heavy atom. The molecule has 3 nitrogen and oxygen atoms in total. The molecule has 0 aliphatic heterocycles. The van der Waals surface area contributed by atoms with Crippen LogP contribution in [0.2, 0.25) is 0 Å². The highest BCUT2D eigenvalue weighted by atomic mass is 16.4. The van der Waals surface area contributed by atoms with Crippen molar-refractivity contribution >= 4 is 11.0 Å². The molecule has 0 bridgehead atoms. The van der Waals surface area contributed by atoms with E-state index in [1.165, 1.54) is 0 Å². The Bertz CT molecular complexity index is 590. The number of nitriles is 1. The van der Waals surface area contributed by atoms with Crippen molar-refractivity contribution in [1.82, 2.24) is 0 Å². The molecule has 1 heterocycles. The standard InChI is InChI=1S/C11H6NO2/c1-7-8-4-2-3-5-10(8)14-11(13)9(7)6-12/h2-3,5H,1H3. The predicted molar refractivity (Wildman–Crippen MR) is 50.8 cm³/mol. The van der Waals surface area contributed by atoms with Crippen LogP contribution in [-0.2, 0) is 0 Å². The van der Waals surface area contributed by atoms with E-state index in [4.69, 9.17) is 9.68 Å². The maximum atomic E-state index is 11.3. The van der Waals surface area contributed by atoms with Crippen molar-refractivity contribution in [2.45, 2.75) is 6.92 Å². The fourth-order valence-corrected chi connectivity index (χ4v) is 1.36. The lowest BCUT2D eigenvalue weighted by Crippen LogP contribution is -2.06. The van der Waals surface area contributed by atoms with Gasteiger partial charge in [0, 0.05) is 5.39 Å². The zero-order valence-electron chi connectivity index (χ0n) is 7.50. The Kier molecular flexibility index (Phi) is 1.83. The van der Waals surface area contributed by atoms with E-state index < -0.39 is 5.63 Å². The fourth-order valence-electron chi connectivity index (χ4n) is 1.36. The van der Waals surface area contributed by atoms with E-state index in [0.717, 1.165) is 0 Å². The van der Waals surface area contributed by atoms with E-state index >= 15 is 0 Å². The molecule has 1 radical (unpaired) electrons. The normalized spacial score (nSPS) is 10.0. The van der Waals surface area contributed by atoms with Gasteiger partial charge in [-0.2, -0.15) is 5.26 Å². The third-order valence-corrected chi connectivity index (χ3v) is 2.09. The number of aryl methyl sites for hydroxylation is 1. The van der Waals surface area contributed by atoms with Gasteiger partial charge in [0.05, 0.1) is 0 Å². The Hall–Kier alpha value is -2.08. The number of fused-ring (bicyclic) bond motifs is 1. The highest BCUT2D eigenvalue weighted by Gasteiger charge is 2.09. The first-order valence-electron chi connectivity index (χ1n) is 4.08. The summed E-state index contributed by atoms with van der Waals surface area (Å²) in [5, 5.41) is 9.42. The third-order valence-electron chi connectivity index (χ3n) is 2.09. The number of hydrogen-bond donors (Lipinski definition) is 0. The van der Waals surface area contributed by atoms with Crippen LogP contribution in [0.15, 0.2) is 27.4 Å². The SMILES string of the molecule is Cc1c(C#N)c(=O)oc2ccc[c]c12. The lowest BCUT2D eigenvalue weighted by molar-refractivity contribution is 0.557. The Morgan fingerprint density at radius 2 is 2.36 bits per heavy atom. The van der Waals surface area contributed by atoms with Gasteiger partial charge in [0.15, 0.2) is 0 Å². The van der Waals surface area contributed by atoms with Crippen LogP contribution in [0.1, 0.15) is 11.1 Å². The summed E-state index contributed by atoms with van der Waals surface area (Å²) in [5.41, 5.74) is 0.561. The van der Waals surface area contributed by atoms with E-state index in [-0.39, 0.29) is 5.56 Å². The van der Waals surface area contributed by atoms with Crippen LogP contribution in [0, 0.1) is 24.3 Å². The van der Waals surface area contributed by atoms with Crippen molar-refractivity contribution < 1.29 is 4.42 Å². The maximum absolute atomic E-state index is 11.3. The summed E-state index contributed by atoms with van der Waals surface area (Å²) in [7, 11) is 0. The second kappa shape index (κ2) is 3.00. The van der Waals surface area contributed by atoms with E-state index in [0.29, 0.717) is 16.5 Å². The van der Waals surface area contributed by atoms with Crippen molar-refractivity contribution in [3.63, 3.8) is 0 Å². The van der Waals surface area contributed by atoms with Gasteiger partial charge in [-0.15, -0.1) is 0 Å². The molecule has 0 aliphatic rings. The Balaban J connectivity index is 3.02. The molecule has 1 aromatic heterocycles. The summed E-state index contributed by atoms with van der Waals surface area (Å²) in [6.07, 6.45) is 0. The number of nitrogens with zero attached hydrogens (tertiary/aromatic N) is 1. The summed E-state index contributed by atoms with van der Waals surface area (Å²) < 4.78 is 4.96. The van der Waals surface area contributed by atoms with Crippen LogP contribution in [0.25, 0.3) is 11.0 Å². The quantitative estimate of drug-likeness (QED) is 0.586. The van der Waals surface area contributed by atoms with Gasteiger partial charge in [0.1, 0.15) is 17.2 Å². The molecular weight excluding hydrogens is 178 g/mol. The molecule has 3 heteroatoms. The van der Waals surface area contributed by atoms with E-state index in [9.17, 15) is 4.79 Å². The number of benzene rings is 1. The molecule has 0 saturated heterocycles. The summed E-state index contributed by atoms with van der Waals surface area (Å²) in [5.74, 6) is 0. The molecule has 2 rings (SSSR count). The van der Waals surface area contributed by atoms with Crippen molar-refractivity contribution in [1.29, 1.82) is 5.26 Å². The zero-order valence-corrected chi connectivity index (χ0v) is 7.50. The van der Waals surface area contributed by atoms with Gasteiger partial charge in [-0.05, 0) is 24.6 Å². The minimum atomic E-state index is -0.586. The highest BCUT2D eigenvalue weighted by Crippen LogP contribution is 2.17. The monoisotopic (exact) mass is 184 g/mol. The summed E-state index contributed by atoms with van der Waals surface area (Å²) in [6.45, 7) is 1.72. The lowest BCUT2D eigenvalue weighted by Gasteiger charge is -2.00. The number of rotatable bonds is 0. The molecule has 0 amide bonds. The summed E-state index contributed by atoms with van der Waals surface area (Å²) in [4.78, 5) is 11.3. The van der Waals surface area contributed by atoms with E-state index in [2.05, 4.69) is 6.07 Å². The molecule has 14 heavy (non-hydrogen) atoms. The molecule has 0 atom stereocenters. The number of hydrogen-bond acceptors (Lipinski definition) is 3. The van der Waals surface area contributed by atoms with Crippen LogP contribution in [-0.4, -0.2) is 0 Å². The molecule has 0 unspecified atom stereocenters. The van der Waals surface area contributed by atoms with Gasteiger partial charge in [0.2, 0.25) is 0 Å². The minimum absolute atomic E-state index is 0.0555. The summed E-state index contributed by atoms with van der Waals surface area (Å²) in [6, 6.07) is 9.90. The first-order chi connectivity index (χ1) is 6.74. The molecule has 0 N–H and O–H groups in total. The van der Waals surface area contributed by atoms with Gasteiger partial charge >= 0.3 is 5.63 Å². The van der Waals surface area contributed by atoms with Crippen LogP contribution >= 0.6 is 0 Å².